The molecule has 6 nitrogen and oxygen atoms in total. The molecule has 3 heterocycles. The number of carbonyl (C=O) groups excluding carboxylic acids is 1. The number of aryl methyl sites for hydroxylation is 1. The van der Waals surface area contributed by atoms with E-state index in [0.717, 1.165) is 49.4 Å². The molecule has 1 spiro atoms. The van der Waals surface area contributed by atoms with Crippen molar-refractivity contribution in [2.45, 2.75) is 64.0 Å². The van der Waals surface area contributed by atoms with Crippen LogP contribution in [0.1, 0.15) is 62.0 Å². The van der Waals surface area contributed by atoms with E-state index in [1.807, 2.05) is 4.90 Å². The first kappa shape index (κ1) is 21.7. The van der Waals surface area contributed by atoms with Gasteiger partial charge in [-0.05, 0) is 81.6 Å². The monoisotopic (exact) mass is 458 g/mol. The third kappa shape index (κ3) is 3.34. The molecular formula is C28H34N4O2. The lowest BCUT2D eigenvalue weighted by Crippen LogP contribution is -2.49. The number of anilines is 1. The molecule has 3 aliphatic rings. The van der Waals surface area contributed by atoms with Crippen LogP contribution in [-0.2, 0) is 17.6 Å². The molecule has 2 atom stereocenters. The molecule has 6 heteroatoms. The van der Waals surface area contributed by atoms with Gasteiger partial charge >= 0.3 is 6.09 Å². The fourth-order valence-electron chi connectivity index (χ4n) is 6.67. The van der Waals surface area contributed by atoms with Crippen molar-refractivity contribution in [3.63, 3.8) is 0 Å². The topological polar surface area (TPSA) is 59.4 Å². The molecule has 1 saturated heterocycles. The Bertz CT molecular complexity index is 1210. The summed E-state index contributed by atoms with van der Waals surface area (Å²) in [5.74, 6) is 1.15. The summed E-state index contributed by atoms with van der Waals surface area (Å²) in [6.45, 7) is 4.32. The SMILES string of the molecule is COC(=O)N1c2ccc3c(nc(Cc4ccccc4)n3[C@@H]3CCC34CCNCC4)c2CC[C@@H]1C. The van der Waals surface area contributed by atoms with Crippen molar-refractivity contribution in [1.82, 2.24) is 14.9 Å². The molecule has 1 aliphatic carbocycles. The number of piperidine rings is 1. The summed E-state index contributed by atoms with van der Waals surface area (Å²) in [7, 11) is 1.46. The first-order valence-electron chi connectivity index (χ1n) is 12.8. The van der Waals surface area contributed by atoms with Crippen LogP contribution in [0.2, 0.25) is 0 Å². The van der Waals surface area contributed by atoms with Crippen molar-refractivity contribution in [3.8, 4) is 0 Å². The highest BCUT2D eigenvalue weighted by atomic mass is 16.5. The fourth-order valence-corrected chi connectivity index (χ4v) is 6.67. The Balaban J connectivity index is 1.51. The van der Waals surface area contributed by atoms with Crippen molar-refractivity contribution >= 4 is 22.8 Å². The summed E-state index contributed by atoms with van der Waals surface area (Å²) in [5.41, 5.74) is 6.11. The summed E-state index contributed by atoms with van der Waals surface area (Å²) >= 11 is 0. The third-order valence-corrected chi connectivity index (χ3v) is 8.64. The molecule has 2 fully saturated rings. The third-order valence-electron chi connectivity index (χ3n) is 8.64. The Kier molecular flexibility index (Phi) is 5.36. The van der Waals surface area contributed by atoms with Crippen LogP contribution in [0.25, 0.3) is 11.0 Å². The predicted molar refractivity (Wildman–Crippen MR) is 134 cm³/mol. The number of imidazole rings is 1. The quantitative estimate of drug-likeness (QED) is 0.583. The second-order valence-electron chi connectivity index (χ2n) is 10.4. The zero-order valence-corrected chi connectivity index (χ0v) is 20.2. The van der Waals surface area contributed by atoms with E-state index in [1.165, 1.54) is 49.4 Å². The largest absolute Gasteiger partial charge is 0.452 e. The first-order chi connectivity index (χ1) is 16.6. The number of fused-ring (bicyclic) bond motifs is 3. The second-order valence-corrected chi connectivity index (χ2v) is 10.4. The van der Waals surface area contributed by atoms with Gasteiger partial charge in [0.15, 0.2) is 0 Å². The van der Waals surface area contributed by atoms with Gasteiger partial charge in [0.1, 0.15) is 5.82 Å². The number of methoxy groups -OCH3 is 1. The van der Waals surface area contributed by atoms with E-state index in [9.17, 15) is 4.79 Å². The van der Waals surface area contributed by atoms with Crippen LogP contribution in [-0.4, -0.2) is 41.9 Å². The minimum absolute atomic E-state index is 0.118. The van der Waals surface area contributed by atoms with Crippen molar-refractivity contribution in [2.24, 2.45) is 5.41 Å². The standard InChI is InChI=1S/C28H34N4O2/c1-19-8-9-21-22(31(19)27(33)34-2)10-11-23-26(21)30-25(18-20-6-4-3-5-7-20)32(23)24-12-13-28(24)14-16-29-17-15-28/h3-7,10-11,19,24,29H,8-9,12-18H2,1-2H3/t19-,24+/m0/s1. The van der Waals surface area contributed by atoms with Gasteiger partial charge in [-0.15, -0.1) is 0 Å². The fraction of sp³-hybridized carbons (Fsp3) is 0.500. The maximum absolute atomic E-state index is 12.6. The molecule has 6 rings (SSSR count). The molecule has 3 aromatic rings. The second kappa shape index (κ2) is 8.42. The smallest absolute Gasteiger partial charge is 0.414 e. The Morgan fingerprint density at radius 2 is 1.91 bits per heavy atom. The van der Waals surface area contributed by atoms with Crippen molar-refractivity contribution in [2.75, 3.05) is 25.1 Å². The van der Waals surface area contributed by atoms with Crippen LogP contribution >= 0.6 is 0 Å². The number of nitrogens with zero attached hydrogens (tertiary/aromatic N) is 3. The van der Waals surface area contributed by atoms with E-state index in [1.54, 1.807) is 0 Å². The van der Waals surface area contributed by atoms with Gasteiger partial charge in [-0.3, -0.25) is 4.90 Å². The van der Waals surface area contributed by atoms with Gasteiger partial charge < -0.3 is 14.6 Å². The molecule has 1 N–H and O–H groups in total. The van der Waals surface area contributed by atoms with Gasteiger partial charge in [0.25, 0.3) is 0 Å². The molecule has 178 valence electrons. The van der Waals surface area contributed by atoms with Crippen molar-refractivity contribution in [1.29, 1.82) is 0 Å². The van der Waals surface area contributed by atoms with Gasteiger partial charge in [0, 0.05) is 24.1 Å². The summed E-state index contributed by atoms with van der Waals surface area (Å²) in [4.78, 5) is 19.8. The van der Waals surface area contributed by atoms with E-state index in [2.05, 4.69) is 59.3 Å². The maximum Gasteiger partial charge on any atom is 0.414 e. The molecule has 0 bridgehead atoms. The normalized spacial score (nSPS) is 23.5. The van der Waals surface area contributed by atoms with Crippen molar-refractivity contribution < 1.29 is 9.53 Å². The minimum Gasteiger partial charge on any atom is -0.452 e. The molecular weight excluding hydrogens is 424 g/mol. The average Bonchev–Trinajstić information content (AvgIpc) is 3.21. The van der Waals surface area contributed by atoms with Gasteiger partial charge in [-0.1, -0.05) is 30.3 Å². The van der Waals surface area contributed by atoms with Crippen LogP contribution in [0.5, 0.6) is 0 Å². The van der Waals surface area contributed by atoms with Crippen LogP contribution in [0.3, 0.4) is 0 Å². The van der Waals surface area contributed by atoms with Gasteiger partial charge in [0.2, 0.25) is 0 Å². The number of nitrogens with one attached hydrogen (secondary N) is 1. The van der Waals surface area contributed by atoms with Crippen LogP contribution in [0.4, 0.5) is 10.5 Å². The summed E-state index contributed by atoms with van der Waals surface area (Å²) < 4.78 is 7.71. The minimum atomic E-state index is -0.288. The molecule has 1 aromatic heterocycles. The number of ether oxygens (including phenoxy) is 1. The van der Waals surface area contributed by atoms with E-state index in [-0.39, 0.29) is 12.1 Å². The van der Waals surface area contributed by atoms with Crippen molar-refractivity contribution in [3.05, 3.63) is 59.4 Å². The highest BCUT2D eigenvalue weighted by Crippen LogP contribution is 2.57. The number of hydrogen-bond donors (Lipinski definition) is 1. The van der Waals surface area contributed by atoms with Gasteiger partial charge in [-0.25, -0.2) is 9.78 Å². The summed E-state index contributed by atoms with van der Waals surface area (Å²) in [6.07, 6.45) is 7.39. The highest BCUT2D eigenvalue weighted by molar-refractivity contribution is 5.95. The Morgan fingerprint density at radius 1 is 1.12 bits per heavy atom. The molecule has 0 radical (unpaired) electrons. The summed E-state index contributed by atoms with van der Waals surface area (Å²) in [6, 6.07) is 15.6. The highest BCUT2D eigenvalue weighted by Gasteiger charge is 2.49. The number of benzene rings is 2. The summed E-state index contributed by atoms with van der Waals surface area (Å²) in [5, 5.41) is 3.56. The Morgan fingerprint density at radius 3 is 2.62 bits per heavy atom. The van der Waals surface area contributed by atoms with E-state index in [4.69, 9.17) is 9.72 Å². The van der Waals surface area contributed by atoms with Gasteiger partial charge in [0.05, 0.1) is 23.8 Å². The molecule has 1 amide bonds. The number of amides is 1. The Labute approximate surface area is 201 Å². The molecule has 1 saturated carbocycles. The number of hydrogen-bond acceptors (Lipinski definition) is 4. The molecule has 2 aliphatic heterocycles. The molecule has 2 aromatic carbocycles. The predicted octanol–water partition coefficient (Wildman–Crippen LogP) is 5.24. The van der Waals surface area contributed by atoms with Gasteiger partial charge in [-0.2, -0.15) is 0 Å². The Hall–Kier alpha value is -2.86. The zero-order chi connectivity index (χ0) is 23.3. The van der Waals surface area contributed by atoms with Crippen LogP contribution in [0.15, 0.2) is 42.5 Å². The lowest BCUT2D eigenvalue weighted by Gasteiger charge is -2.53. The average molecular weight is 459 g/mol. The van der Waals surface area contributed by atoms with E-state index in [0.29, 0.717) is 11.5 Å². The lowest BCUT2D eigenvalue weighted by molar-refractivity contribution is 0.00834. The number of aromatic nitrogens is 2. The zero-order valence-electron chi connectivity index (χ0n) is 20.2. The molecule has 34 heavy (non-hydrogen) atoms. The number of carbonyl (C=O) groups is 1. The van der Waals surface area contributed by atoms with Crippen LogP contribution < -0.4 is 10.2 Å². The van der Waals surface area contributed by atoms with Crippen LogP contribution in [0, 0.1) is 5.41 Å². The number of rotatable bonds is 3. The van der Waals surface area contributed by atoms with E-state index < -0.39 is 0 Å². The van der Waals surface area contributed by atoms with E-state index >= 15 is 0 Å². The maximum atomic E-state index is 12.6. The lowest BCUT2D eigenvalue weighted by atomic mass is 9.59. The molecule has 0 unspecified atom stereocenters. The first-order valence-corrected chi connectivity index (χ1v) is 12.8.